The molecule has 0 unspecified atom stereocenters. The van der Waals surface area contributed by atoms with Gasteiger partial charge >= 0.3 is 0 Å². The van der Waals surface area contributed by atoms with Crippen LogP contribution in [0.4, 0.5) is 0 Å². The second-order valence-electron chi connectivity index (χ2n) is 5.37. The Labute approximate surface area is 169 Å². The van der Waals surface area contributed by atoms with Crippen LogP contribution in [-0.2, 0) is 6.61 Å². The molecule has 0 radical (unpaired) electrons. The number of benzene rings is 2. The van der Waals surface area contributed by atoms with Crippen LogP contribution in [0.2, 0.25) is 10.0 Å². The average molecular weight is 452 g/mol. The fraction of sp³-hybridized carbons (Fsp3) is 0.0500. The zero-order chi connectivity index (χ0) is 18.5. The third-order valence-corrected chi connectivity index (χ3v) is 4.50. The van der Waals surface area contributed by atoms with Gasteiger partial charge in [0, 0.05) is 15.1 Å². The summed E-state index contributed by atoms with van der Waals surface area (Å²) < 4.78 is 12.2. The number of hydrogen-bond acceptors (Lipinski definition) is 3. The standard InChI is InChI=1S/C20H13BrCl2O3/c21-13-2-1-3-16(10-13)25-12-17-6-5-15(26-17)7-9-20(24)18-8-4-14(22)11-19(18)23/h1-11H,12H2/b9-7+. The van der Waals surface area contributed by atoms with Crippen molar-refractivity contribution in [1.82, 2.24) is 0 Å². The van der Waals surface area contributed by atoms with Crippen LogP contribution in [0.5, 0.6) is 5.75 Å². The van der Waals surface area contributed by atoms with Gasteiger partial charge in [-0.3, -0.25) is 4.79 Å². The lowest BCUT2D eigenvalue weighted by Gasteiger charge is -2.04. The van der Waals surface area contributed by atoms with E-state index >= 15 is 0 Å². The SMILES string of the molecule is O=C(/C=C/c1ccc(COc2cccc(Br)c2)o1)c1ccc(Cl)cc1Cl. The van der Waals surface area contributed by atoms with Gasteiger partial charge in [-0.05, 0) is 60.7 Å². The summed E-state index contributed by atoms with van der Waals surface area (Å²) in [6.07, 6.45) is 3.00. The molecular weight excluding hydrogens is 439 g/mol. The summed E-state index contributed by atoms with van der Waals surface area (Å²) in [7, 11) is 0. The second-order valence-corrected chi connectivity index (χ2v) is 7.13. The molecule has 0 saturated heterocycles. The van der Waals surface area contributed by atoms with Gasteiger partial charge in [-0.2, -0.15) is 0 Å². The molecule has 0 spiro atoms. The maximum absolute atomic E-state index is 12.2. The Kier molecular flexibility index (Phi) is 6.20. The molecule has 0 aliphatic heterocycles. The largest absolute Gasteiger partial charge is 0.486 e. The Balaban J connectivity index is 1.62. The Bertz CT molecular complexity index is 963. The van der Waals surface area contributed by atoms with E-state index in [0.717, 1.165) is 10.2 Å². The van der Waals surface area contributed by atoms with E-state index in [-0.39, 0.29) is 5.78 Å². The maximum atomic E-state index is 12.2. The van der Waals surface area contributed by atoms with Crippen molar-refractivity contribution in [3.05, 3.63) is 92.3 Å². The highest BCUT2D eigenvalue weighted by Crippen LogP contribution is 2.22. The number of ether oxygens (including phenoxy) is 1. The predicted molar refractivity (Wildman–Crippen MR) is 107 cm³/mol. The lowest BCUT2D eigenvalue weighted by molar-refractivity contribution is 0.104. The third-order valence-electron chi connectivity index (χ3n) is 3.46. The van der Waals surface area contributed by atoms with Gasteiger partial charge in [-0.1, -0.05) is 45.2 Å². The molecule has 0 aliphatic carbocycles. The summed E-state index contributed by atoms with van der Waals surface area (Å²) in [6.45, 7) is 0.293. The third kappa shape index (κ3) is 5.01. The quantitative estimate of drug-likeness (QED) is 0.304. The highest BCUT2D eigenvalue weighted by molar-refractivity contribution is 9.10. The van der Waals surface area contributed by atoms with E-state index in [4.69, 9.17) is 32.4 Å². The van der Waals surface area contributed by atoms with Gasteiger partial charge in [0.15, 0.2) is 5.78 Å². The number of furan rings is 1. The molecule has 0 saturated carbocycles. The minimum absolute atomic E-state index is 0.227. The number of rotatable bonds is 6. The topological polar surface area (TPSA) is 39.4 Å². The van der Waals surface area contributed by atoms with Crippen molar-refractivity contribution in [2.45, 2.75) is 6.61 Å². The van der Waals surface area contributed by atoms with Gasteiger partial charge in [-0.15, -0.1) is 0 Å². The van der Waals surface area contributed by atoms with Gasteiger partial charge in [0.1, 0.15) is 23.9 Å². The van der Waals surface area contributed by atoms with Gasteiger partial charge in [0.05, 0.1) is 5.02 Å². The fourth-order valence-electron chi connectivity index (χ4n) is 2.21. The second kappa shape index (κ2) is 8.58. The van der Waals surface area contributed by atoms with Crippen molar-refractivity contribution >= 4 is 51.0 Å². The molecule has 132 valence electrons. The summed E-state index contributed by atoms with van der Waals surface area (Å²) in [5.74, 6) is 1.72. The molecule has 2 aromatic carbocycles. The van der Waals surface area contributed by atoms with Gasteiger partial charge in [0.2, 0.25) is 0 Å². The maximum Gasteiger partial charge on any atom is 0.187 e. The Morgan fingerprint density at radius 3 is 2.73 bits per heavy atom. The zero-order valence-electron chi connectivity index (χ0n) is 13.4. The lowest BCUT2D eigenvalue weighted by atomic mass is 10.1. The average Bonchev–Trinajstić information content (AvgIpc) is 3.06. The zero-order valence-corrected chi connectivity index (χ0v) is 16.5. The van der Waals surface area contributed by atoms with Crippen LogP contribution in [-0.4, -0.2) is 5.78 Å². The molecule has 1 heterocycles. The van der Waals surface area contributed by atoms with Gasteiger partial charge in [-0.25, -0.2) is 0 Å². The minimum atomic E-state index is -0.227. The molecule has 0 atom stereocenters. The summed E-state index contributed by atoms with van der Waals surface area (Å²) in [4.78, 5) is 12.2. The summed E-state index contributed by atoms with van der Waals surface area (Å²) >= 11 is 15.3. The first kappa shape index (κ1) is 18.8. The number of hydrogen-bond donors (Lipinski definition) is 0. The van der Waals surface area contributed by atoms with E-state index in [1.165, 1.54) is 12.1 Å². The van der Waals surface area contributed by atoms with E-state index in [1.54, 1.807) is 30.3 Å². The lowest BCUT2D eigenvalue weighted by Crippen LogP contribution is -1.95. The van der Waals surface area contributed by atoms with Gasteiger partial charge < -0.3 is 9.15 Å². The molecule has 0 bridgehead atoms. The molecule has 1 aromatic heterocycles. The number of carbonyl (C=O) groups is 1. The molecule has 3 aromatic rings. The molecule has 0 N–H and O–H groups in total. The van der Waals surface area contributed by atoms with Crippen molar-refractivity contribution in [3.8, 4) is 5.75 Å². The van der Waals surface area contributed by atoms with Crippen molar-refractivity contribution < 1.29 is 13.9 Å². The molecule has 3 rings (SSSR count). The highest BCUT2D eigenvalue weighted by Gasteiger charge is 2.08. The first-order valence-electron chi connectivity index (χ1n) is 7.66. The van der Waals surface area contributed by atoms with Gasteiger partial charge in [0.25, 0.3) is 0 Å². The van der Waals surface area contributed by atoms with Crippen molar-refractivity contribution in [2.75, 3.05) is 0 Å². The number of halogens is 3. The van der Waals surface area contributed by atoms with Crippen LogP contribution in [0.25, 0.3) is 6.08 Å². The molecule has 0 fully saturated rings. The Morgan fingerprint density at radius 1 is 1.12 bits per heavy atom. The molecule has 3 nitrogen and oxygen atoms in total. The first-order valence-corrected chi connectivity index (χ1v) is 9.21. The number of allylic oxidation sites excluding steroid dienone is 1. The van der Waals surface area contributed by atoms with Crippen LogP contribution in [0.1, 0.15) is 21.9 Å². The summed E-state index contributed by atoms with van der Waals surface area (Å²) in [5.41, 5.74) is 0.386. The molecule has 0 amide bonds. The van der Waals surface area contributed by atoms with Crippen molar-refractivity contribution in [1.29, 1.82) is 0 Å². The normalized spacial score (nSPS) is 11.0. The number of carbonyl (C=O) groups excluding carboxylic acids is 1. The molecular formula is C20H13BrCl2O3. The van der Waals surface area contributed by atoms with E-state index < -0.39 is 0 Å². The predicted octanol–water partition coefficient (Wildman–Crippen LogP) is 6.82. The van der Waals surface area contributed by atoms with E-state index in [9.17, 15) is 4.79 Å². The fourth-order valence-corrected chi connectivity index (χ4v) is 3.09. The Hall–Kier alpha value is -2.01. The summed E-state index contributed by atoms with van der Waals surface area (Å²) in [5, 5.41) is 0.798. The van der Waals surface area contributed by atoms with Crippen molar-refractivity contribution in [2.24, 2.45) is 0 Å². The van der Waals surface area contributed by atoms with Crippen LogP contribution in [0.15, 0.2) is 69.6 Å². The van der Waals surface area contributed by atoms with E-state index in [0.29, 0.717) is 33.7 Å². The minimum Gasteiger partial charge on any atom is -0.486 e. The molecule has 6 heteroatoms. The van der Waals surface area contributed by atoms with E-state index in [1.807, 2.05) is 24.3 Å². The highest BCUT2D eigenvalue weighted by atomic mass is 79.9. The monoisotopic (exact) mass is 450 g/mol. The van der Waals surface area contributed by atoms with E-state index in [2.05, 4.69) is 15.9 Å². The van der Waals surface area contributed by atoms with Crippen molar-refractivity contribution in [3.63, 3.8) is 0 Å². The number of ketones is 1. The molecule has 0 aliphatic rings. The van der Waals surface area contributed by atoms with Crippen LogP contribution in [0, 0.1) is 0 Å². The first-order chi connectivity index (χ1) is 12.5. The molecule has 26 heavy (non-hydrogen) atoms. The Morgan fingerprint density at radius 2 is 1.96 bits per heavy atom. The smallest absolute Gasteiger partial charge is 0.187 e. The van der Waals surface area contributed by atoms with Crippen LogP contribution in [0.3, 0.4) is 0 Å². The summed E-state index contributed by atoms with van der Waals surface area (Å²) in [6, 6.07) is 15.9. The van der Waals surface area contributed by atoms with Crippen LogP contribution < -0.4 is 4.74 Å². The van der Waals surface area contributed by atoms with Crippen LogP contribution >= 0.6 is 39.1 Å².